The molecule has 4 aromatic rings. The second kappa shape index (κ2) is 11.4. The standard InChI is InChI=1S/C30H32N6O3/c1-3-27(28(37)23-11-9-22(2)10-12-23)36-30(39)35(21-31-36)26-15-13-25(14-16-26)33-17-19-34(20-18-33)29(38)32-24-7-5-4-6-8-24/h4-16,21,27H,3,17-20H2,1-2H3,(H,32,38). The normalized spacial score (nSPS) is 14.2. The maximum absolute atomic E-state index is 13.2. The van der Waals surface area contributed by atoms with Crippen LogP contribution in [0.4, 0.5) is 16.2 Å². The van der Waals surface area contributed by atoms with Gasteiger partial charge in [-0.05, 0) is 49.7 Å². The minimum Gasteiger partial charge on any atom is -0.368 e. The van der Waals surface area contributed by atoms with E-state index < -0.39 is 6.04 Å². The molecule has 1 atom stereocenters. The number of carbonyl (C=O) groups is 2. The van der Waals surface area contributed by atoms with Crippen LogP contribution in [0.2, 0.25) is 0 Å². The largest absolute Gasteiger partial charge is 0.368 e. The van der Waals surface area contributed by atoms with Crippen LogP contribution >= 0.6 is 0 Å². The van der Waals surface area contributed by atoms with Crippen molar-refractivity contribution >= 4 is 23.2 Å². The summed E-state index contributed by atoms with van der Waals surface area (Å²) in [5, 5.41) is 7.22. The third-order valence-corrected chi connectivity index (χ3v) is 7.10. The summed E-state index contributed by atoms with van der Waals surface area (Å²) in [7, 11) is 0. The van der Waals surface area contributed by atoms with Crippen molar-refractivity contribution in [3.05, 3.63) is 107 Å². The first-order chi connectivity index (χ1) is 18.9. The van der Waals surface area contributed by atoms with Gasteiger partial charge in [-0.2, -0.15) is 5.10 Å². The van der Waals surface area contributed by atoms with E-state index in [4.69, 9.17) is 0 Å². The quantitative estimate of drug-likeness (QED) is 0.359. The van der Waals surface area contributed by atoms with E-state index in [0.29, 0.717) is 43.9 Å². The summed E-state index contributed by atoms with van der Waals surface area (Å²) in [5.41, 5.74) is 3.75. The average Bonchev–Trinajstić information content (AvgIpc) is 3.35. The third kappa shape index (κ3) is 5.62. The molecule has 0 aliphatic carbocycles. The van der Waals surface area contributed by atoms with Crippen molar-refractivity contribution in [3.8, 4) is 5.69 Å². The molecule has 0 spiro atoms. The number of Topliss-reactive ketones (excluding diaryl/α,β-unsaturated/α-hetero) is 1. The number of benzene rings is 3. The minimum absolute atomic E-state index is 0.0983. The summed E-state index contributed by atoms with van der Waals surface area (Å²) in [6, 6.07) is 23.7. The summed E-state index contributed by atoms with van der Waals surface area (Å²) in [6.07, 6.45) is 1.92. The first-order valence-corrected chi connectivity index (χ1v) is 13.2. The van der Waals surface area contributed by atoms with E-state index in [0.717, 1.165) is 16.9 Å². The van der Waals surface area contributed by atoms with Crippen LogP contribution in [0.5, 0.6) is 0 Å². The van der Waals surface area contributed by atoms with Crippen LogP contribution in [0.25, 0.3) is 5.69 Å². The fraction of sp³-hybridized carbons (Fsp3) is 0.267. The van der Waals surface area contributed by atoms with Crippen LogP contribution in [-0.4, -0.2) is 57.2 Å². The topological polar surface area (TPSA) is 92.5 Å². The van der Waals surface area contributed by atoms with E-state index >= 15 is 0 Å². The highest BCUT2D eigenvalue weighted by Gasteiger charge is 2.25. The lowest BCUT2D eigenvalue weighted by molar-refractivity contribution is 0.0911. The number of aryl methyl sites for hydroxylation is 1. The number of ketones is 1. The van der Waals surface area contributed by atoms with Crippen LogP contribution in [0.15, 0.2) is 90.0 Å². The molecule has 2 heterocycles. The molecule has 0 bridgehead atoms. The zero-order chi connectivity index (χ0) is 27.4. The van der Waals surface area contributed by atoms with Crippen molar-refractivity contribution in [2.24, 2.45) is 0 Å². The van der Waals surface area contributed by atoms with Crippen LogP contribution in [0.1, 0.15) is 35.3 Å². The average molecular weight is 525 g/mol. The molecule has 1 fully saturated rings. The number of hydrogen-bond acceptors (Lipinski definition) is 5. The van der Waals surface area contributed by atoms with Gasteiger partial charge in [0.25, 0.3) is 0 Å². The van der Waals surface area contributed by atoms with Crippen LogP contribution in [-0.2, 0) is 0 Å². The van der Waals surface area contributed by atoms with E-state index in [1.165, 1.54) is 15.6 Å². The molecule has 1 N–H and O–H groups in total. The van der Waals surface area contributed by atoms with Gasteiger partial charge in [0.2, 0.25) is 0 Å². The van der Waals surface area contributed by atoms with Crippen molar-refractivity contribution in [1.29, 1.82) is 0 Å². The van der Waals surface area contributed by atoms with Gasteiger partial charge in [0, 0.05) is 43.1 Å². The lowest BCUT2D eigenvalue weighted by Crippen LogP contribution is -2.50. The van der Waals surface area contributed by atoms with Crippen LogP contribution in [0.3, 0.4) is 0 Å². The van der Waals surface area contributed by atoms with Crippen molar-refractivity contribution in [2.45, 2.75) is 26.3 Å². The molecule has 1 aliphatic heterocycles. The second-order valence-corrected chi connectivity index (χ2v) is 9.67. The van der Waals surface area contributed by atoms with Crippen molar-refractivity contribution in [2.75, 3.05) is 36.4 Å². The predicted molar refractivity (Wildman–Crippen MR) is 152 cm³/mol. The molecule has 9 heteroatoms. The molecule has 3 aromatic carbocycles. The summed E-state index contributed by atoms with van der Waals surface area (Å²) in [6.45, 7) is 6.48. The Hall–Kier alpha value is -4.66. The number of piperazine rings is 1. The fourth-order valence-corrected chi connectivity index (χ4v) is 4.80. The first kappa shape index (κ1) is 26.0. The Bertz CT molecular complexity index is 1480. The summed E-state index contributed by atoms with van der Waals surface area (Å²) in [5.74, 6) is -0.128. The Morgan fingerprint density at radius 3 is 2.15 bits per heavy atom. The Morgan fingerprint density at radius 2 is 1.51 bits per heavy atom. The smallest absolute Gasteiger partial charge is 0.351 e. The number of rotatable bonds is 7. The Balaban J connectivity index is 1.24. The molecule has 0 saturated carbocycles. The van der Waals surface area contributed by atoms with E-state index in [9.17, 15) is 14.4 Å². The molecule has 5 rings (SSSR count). The summed E-state index contributed by atoms with van der Waals surface area (Å²) >= 11 is 0. The number of nitrogens with zero attached hydrogens (tertiary/aromatic N) is 5. The zero-order valence-electron chi connectivity index (χ0n) is 22.2. The van der Waals surface area contributed by atoms with E-state index in [-0.39, 0.29) is 17.5 Å². The van der Waals surface area contributed by atoms with Crippen molar-refractivity contribution in [3.63, 3.8) is 0 Å². The molecule has 200 valence electrons. The molecule has 1 aliphatic rings. The van der Waals surface area contributed by atoms with Gasteiger partial charge in [0.1, 0.15) is 12.4 Å². The molecular formula is C30H32N6O3. The maximum Gasteiger partial charge on any atom is 0.351 e. The maximum atomic E-state index is 13.2. The highest BCUT2D eigenvalue weighted by Crippen LogP contribution is 2.20. The van der Waals surface area contributed by atoms with Gasteiger partial charge in [-0.1, -0.05) is 55.0 Å². The minimum atomic E-state index is -0.670. The number of para-hydroxylation sites is 1. The fourth-order valence-electron chi connectivity index (χ4n) is 4.80. The molecular weight excluding hydrogens is 492 g/mol. The van der Waals surface area contributed by atoms with Gasteiger partial charge in [-0.25, -0.2) is 18.8 Å². The zero-order valence-corrected chi connectivity index (χ0v) is 22.2. The van der Waals surface area contributed by atoms with E-state index in [1.807, 2.05) is 85.5 Å². The molecule has 1 aromatic heterocycles. The van der Waals surface area contributed by atoms with Gasteiger partial charge < -0.3 is 15.1 Å². The number of aromatic nitrogens is 3. The number of carbonyl (C=O) groups excluding carboxylic acids is 2. The molecule has 0 radical (unpaired) electrons. The van der Waals surface area contributed by atoms with Gasteiger partial charge in [-0.3, -0.25) is 4.79 Å². The second-order valence-electron chi connectivity index (χ2n) is 9.67. The number of nitrogens with one attached hydrogen (secondary N) is 1. The predicted octanol–water partition coefficient (Wildman–Crippen LogP) is 4.53. The van der Waals surface area contributed by atoms with E-state index in [1.54, 1.807) is 12.1 Å². The van der Waals surface area contributed by atoms with Gasteiger partial charge in [0.05, 0.1) is 5.69 Å². The summed E-state index contributed by atoms with van der Waals surface area (Å²) < 4.78 is 2.73. The SMILES string of the molecule is CCC(C(=O)c1ccc(C)cc1)n1ncn(-c2ccc(N3CCN(C(=O)Nc4ccccc4)CC3)cc2)c1=O. The van der Waals surface area contributed by atoms with Crippen molar-refractivity contribution in [1.82, 2.24) is 19.2 Å². The Morgan fingerprint density at radius 1 is 0.872 bits per heavy atom. The Labute approximate surface area is 227 Å². The van der Waals surface area contributed by atoms with Crippen molar-refractivity contribution < 1.29 is 9.59 Å². The third-order valence-electron chi connectivity index (χ3n) is 7.10. The lowest BCUT2D eigenvalue weighted by atomic mass is 10.0. The number of hydrogen-bond donors (Lipinski definition) is 1. The van der Waals surface area contributed by atoms with E-state index in [2.05, 4.69) is 15.3 Å². The molecule has 39 heavy (non-hydrogen) atoms. The lowest BCUT2D eigenvalue weighted by Gasteiger charge is -2.36. The monoisotopic (exact) mass is 524 g/mol. The molecule has 1 saturated heterocycles. The first-order valence-electron chi connectivity index (χ1n) is 13.2. The van der Waals surface area contributed by atoms with Crippen LogP contribution < -0.4 is 15.9 Å². The highest BCUT2D eigenvalue weighted by atomic mass is 16.2. The van der Waals surface area contributed by atoms with Gasteiger partial charge in [-0.15, -0.1) is 0 Å². The Kier molecular flexibility index (Phi) is 7.58. The number of urea groups is 1. The molecule has 1 unspecified atom stereocenters. The number of anilines is 2. The molecule has 2 amide bonds. The van der Waals surface area contributed by atoms with Gasteiger partial charge in [0.15, 0.2) is 5.78 Å². The van der Waals surface area contributed by atoms with Crippen LogP contribution in [0, 0.1) is 6.92 Å². The molecule has 9 nitrogen and oxygen atoms in total. The summed E-state index contributed by atoms with van der Waals surface area (Å²) in [4.78, 5) is 43.0. The number of amides is 2. The highest BCUT2D eigenvalue weighted by molar-refractivity contribution is 5.98. The van der Waals surface area contributed by atoms with Gasteiger partial charge >= 0.3 is 11.7 Å².